The van der Waals surface area contributed by atoms with Crippen molar-refractivity contribution in [2.45, 2.75) is 19.4 Å². The number of aromatic nitrogens is 5. The summed E-state index contributed by atoms with van der Waals surface area (Å²) >= 11 is 0. The number of hydrogen-bond acceptors (Lipinski definition) is 6. The third-order valence-electron chi connectivity index (χ3n) is 5.83. The van der Waals surface area contributed by atoms with Crippen LogP contribution in [0, 0.1) is 6.92 Å². The molecule has 0 aliphatic carbocycles. The number of aryl methyl sites for hydroxylation is 2. The number of carboxylic acid groups (broad SMARTS) is 1. The van der Waals surface area contributed by atoms with E-state index in [4.69, 9.17) is 0 Å². The molecule has 31 heavy (non-hydrogen) atoms. The fraction of sp³-hybridized carbons (Fsp3) is 0.286. The summed E-state index contributed by atoms with van der Waals surface area (Å²) in [7, 11) is 1.67. The number of pyridine rings is 1. The molecule has 0 radical (unpaired) electrons. The van der Waals surface area contributed by atoms with E-state index in [-0.39, 0.29) is 18.3 Å². The molecule has 1 aliphatic heterocycles. The van der Waals surface area contributed by atoms with Gasteiger partial charge in [-0.25, -0.2) is 14.6 Å². The van der Waals surface area contributed by atoms with Gasteiger partial charge in [-0.1, -0.05) is 6.07 Å². The summed E-state index contributed by atoms with van der Waals surface area (Å²) in [6.45, 7) is 2.63. The Morgan fingerprint density at radius 3 is 2.90 bits per heavy atom. The molecule has 1 fully saturated rings. The van der Waals surface area contributed by atoms with Crippen LogP contribution in [0.15, 0.2) is 41.5 Å². The van der Waals surface area contributed by atoms with E-state index in [0.717, 1.165) is 22.2 Å². The van der Waals surface area contributed by atoms with Gasteiger partial charge in [0.1, 0.15) is 5.52 Å². The number of likely N-dealkylation sites (tertiary alicyclic amines) is 1. The molecular formula is C21H21N7O3. The average Bonchev–Trinajstić information content (AvgIpc) is 3.32. The van der Waals surface area contributed by atoms with Crippen LogP contribution in [-0.2, 0) is 7.05 Å². The Bertz CT molecular complexity index is 1390. The molecule has 2 N–H and O–H groups in total. The third kappa shape index (κ3) is 3.16. The van der Waals surface area contributed by atoms with E-state index >= 15 is 0 Å². The van der Waals surface area contributed by atoms with Crippen LogP contribution in [0.4, 0.5) is 16.4 Å². The standard InChI is InChI=1S/C21H21N7O3/c1-12-8-16-13(4-3-6-22-16)9-15(12)24-19-23-10-17-18(25-19)28(20(29)26(17)2)14-5-7-27(11-14)21(30)31/h3-4,6,8-10,14H,5,7,11H2,1-2H3,(H,30,31)(H,23,24,25). The molecule has 5 rings (SSSR count). The fourth-order valence-electron chi connectivity index (χ4n) is 4.13. The van der Waals surface area contributed by atoms with Crippen molar-refractivity contribution < 1.29 is 9.90 Å². The van der Waals surface area contributed by atoms with Gasteiger partial charge in [0, 0.05) is 37.4 Å². The van der Waals surface area contributed by atoms with E-state index in [1.807, 2.05) is 31.2 Å². The lowest BCUT2D eigenvalue weighted by Crippen LogP contribution is -2.30. The maximum absolute atomic E-state index is 12.9. The highest BCUT2D eigenvalue weighted by molar-refractivity contribution is 5.85. The van der Waals surface area contributed by atoms with Crippen molar-refractivity contribution in [1.29, 1.82) is 0 Å². The molecule has 1 aromatic carbocycles. The van der Waals surface area contributed by atoms with Crippen molar-refractivity contribution in [3.8, 4) is 0 Å². The van der Waals surface area contributed by atoms with Crippen LogP contribution in [0.5, 0.6) is 0 Å². The molecule has 1 aliphatic rings. The lowest BCUT2D eigenvalue weighted by atomic mass is 10.1. The molecule has 0 spiro atoms. The number of rotatable bonds is 3. The molecule has 4 heterocycles. The number of amides is 1. The third-order valence-corrected chi connectivity index (χ3v) is 5.83. The van der Waals surface area contributed by atoms with E-state index in [1.54, 1.807) is 24.0 Å². The van der Waals surface area contributed by atoms with Crippen LogP contribution < -0.4 is 11.0 Å². The normalized spacial score (nSPS) is 16.3. The van der Waals surface area contributed by atoms with Gasteiger partial charge in [-0.2, -0.15) is 4.98 Å². The van der Waals surface area contributed by atoms with Crippen molar-refractivity contribution in [2.75, 3.05) is 18.4 Å². The van der Waals surface area contributed by atoms with E-state index in [2.05, 4.69) is 20.3 Å². The van der Waals surface area contributed by atoms with Crippen LogP contribution in [-0.4, -0.2) is 53.3 Å². The molecule has 1 saturated heterocycles. The first-order valence-electron chi connectivity index (χ1n) is 9.96. The van der Waals surface area contributed by atoms with Gasteiger partial charge in [0.05, 0.1) is 17.8 Å². The van der Waals surface area contributed by atoms with Gasteiger partial charge in [0.2, 0.25) is 5.95 Å². The highest BCUT2D eigenvalue weighted by Gasteiger charge is 2.30. The van der Waals surface area contributed by atoms with Crippen LogP contribution in [0.1, 0.15) is 18.0 Å². The lowest BCUT2D eigenvalue weighted by molar-refractivity contribution is 0.154. The van der Waals surface area contributed by atoms with E-state index < -0.39 is 6.09 Å². The topological polar surface area (TPSA) is 118 Å². The zero-order valence-electron chi connectivity index (χ0n) is 17.1. The minimum Gasteiger partial charge on any atom is -0.465 e. The highest BCUT2D eigenvalue weighted by atomic mass is 16.4. The minimum absolute atomic E-state index is 0.230. The summed E-state index contributed by atoms with van der Waals surface area (Å²) < 4.78 is 3.08. The summed E-state index contributed by atoms with van der Waals surface area (Å²) in [6.07, 6.45) is 2.96. The van der Waals surface area contributed by atoms with Crippen molar-refractivity contribution in [3.63, 3.8) is 0 Å². The number of nitrogens with one attached hydrogen (secondary N) is 1. The second-order valence-electron chi connectivity index (χ2n) is 7.77. The fourth-order valence-corrected chi connectivity index (χ4v) is 4.13. The average molecular weight is 419 g/mol. The second-order valence-corrected chi connectivity index (χ2v) is 7.77. The van der Waals surface area contributed by atoms with E-state index in [1.165, 1.54) is 9.47 Å². The lowest BCUT2D eigenvalue weighted by Gasteiger charge is -2.14. The molecular weight excluding hydrogens is 398 g/mol. The van der Waals surface area contributed by atoms with Gasteiger partial charge in [0.15, 0.2) is 5.65 Å². The largest absolute Gasteiger partial charge is 0.465 e. The highest BCUT2D eigenvalue weighted by Crippen LogP contribution is 2.27. The molecule has 10 nitrogen and oxygen atoms in total. The molecule has 0 bridgehead atoms. The van der Waals surface area contributed by atoms with Crippen LogP contribution in [0.2, 0.25) is 0 Å². The van der Waals surface area contributed by atoms with Crippen LogP contribution in [0.25, 0.3) is 22.1 Å². The number of nitrogens with zero attached hydrogens (tertiary/aromatic N) is 6. The molecule has 1 unspecified atom stereocenters. The Labute approximate surface area is 176 Å². The Hall–Kier alpha value is -3.95. The van der Waals surface area contributed by atoms with Gasteiger partial charge in [0.25, 0.3) is 0 Å². The maximum atomic E-state index is 12.9. The number of carbonyl (C=O) groups is 1. The first-order valence-corrected chi connectivity index (χ1v) is 9.96. The van der Waals surface area contributed by atoms with Crippen LogP contribution >= 0.6 is 0 Å². The monoisotopic (exact) mass is 419 g/mol. The van der Waals surface area contributed by atoms with Crippen molar-refractivity contribution in [1.82, 2.24) is 29.0 Å². The molecule has 3 aromatic heterocycles. The molecule has 158 valence electrons. The predicted octanol–water partition coefficient (Wildman–Crippen LogP) is 2.66. The summed E-state index contributed by atoms with van der Waals surface area (Å²) in [5, 5.41) is 13.5. The van der Waals surface area contributed by atoms with Gasteiger partial charge in [-0.15, -0.1) is 0 Å². The van der Waals surface area contributed by atoms with Crippen LogP contribution in [0.3, 0.4) is 0 Å². The molecule has 0 saturated carbocycles. The van der Waals surface area contributed by atoms with Gasteiger partial charge >= 0.3 is 11.8 Å². The number of imidazole rings is 1. The minimum atomic E-state index is -0.978. The van der Waals surface area contributed by atoms with E-state index in [9.17, 15) is 14.7 Å². The Morgan fingerprint density at radius 1 is 1.29 bits per heavy atom. The van der Waals surface area contributed by atoms with Gasteiger partial charge < -0.3 is 15.3 Å². The van der Waals surface area contributed by atoms with Crippen molar-refractivity contribution in [3.05, 3.63) is 52.7 Å². The summed E-state index contributed by atoms with van der Waals surface area (Å²) in [4.78, 5) is 38.9. The number of fused-ring (bicyclic) bond motifs is 2. The van der Waals surface area contributed by atoms with Gasteiger partial charge in [-0.05, 0) is 37.1 Å². The Kier molecular flexibility index (Phi) is 4.35. The molecule has 4 aromatic rings. The smallest absolute Gasteiger partial charge is 0.407 e. The zero-order valence-corrected chi connectivity index (χ0v) is 17.1. The summed E-state index contributed by atoms with van der Waals surface area (Å²) in [6, 6.07) is 7.59. The Morgan fingerprint density at radius 2 is 2.13 bits per heavy atom. The zero-order chi connectivity index (χ0) is 21.7. The van der Waals surface area contributed by atoms with Crippen molar-refractivity contribution in [2.24, 2.45) is 7.05 Å². The summed E-state index contributed by atoms with van der Waals surface area (Å²) in [5.74, 6) is 0.367. The van der Waals surface area contributed by atoms with Crippen molar-refractivity contribution >= 4 is 39.8 Å². The second kappa shape index (κ2) is 7.08. The summed E-state index contributed by atoms with van der Waals surface area (Å²) in [5.41, 5.74) is 3.61. The quantitative estimate of drug-likeness (QED) is 0.524. The SMILES string of the molecule is Cc1cc2ncccc2cc1Nc1ncc2c(n1)n(C1CCN(C(=O)O)C1)c(=O)n2C. The maximum Gasteiger partial charge on any atom is 0.407 e. The van der Waals surface area contributed by atoms with E-state index in [0.29, 0.717) is 30.1 Å². The number of hydrogen-bond donors (Lipinski definition) is 2. The Balaban J connectivity index is 1.55. The predicted molar refractivity (Wildman–Crippen MR) is 116 cm³/mol. The number of anilines is 2. The molecule has 10 heteroatoms. The van der Waals surface area contributed by atoms with Gasteiger partial charge in [-0.3, -0.25) is 14.1 Å². The number of benzene rings is 1. The first-order chi connectivity index (χ1) is 14.9. The molecule has 1 atom stereocenters. The molecule has 1 amide bonds. The first kappa shape index (κ1) is 19.0.